The van der Waals surface area contributed by atoms with E-state index >= 15 is 0 Å². The molecule has 0 aliphatic carbocycles. The maximum Gasteiger partial charge on any atom is 0.322 e. The Bertz CT molecular complexity index is 1240. The minimum Gasteiger partial charge on any atom is -0.349 e. The molecule has 1 fully saturated rings. The Kier molecular flexibility index (Phi) is 5.36. The number of carbonyl (C=O) groups is 1. The van der Waals surface area contributed by atoms with Gasteiger partial charge in [0.1, 0.15) is 11.0 Å². The van der Waals surface area contributed by atoms with Crippen molar-refractivity contribution in [2.75, 3.05) is 23.3 Å². The number of amides is 2. The molecule has 2 aliphatic rings. The van der Waals surface area contributed by atoms with E-state index in [0.29, 0.717) is 23.0 Å². The minimum absolute atomic E-state index is 0.0706. The van der Waals surface area contributed by atoms with Crippen LogP contribution in [0.3, 0.4) is 0 Å². The van der Waals surface area contributed by atoms with E-state index in [0.717, 1.165) is 5.56 Å². The number of carbonyl (C=O) groups excluding carboxylic acids is 1. The summed E-state index contributed by atoms with van der Waals surface area (Å²) in [6, 6.07) is 10.7. The fourth-order valence-corrected chi connectivity index (χ4v) is 4.36. The van der Waals surface area contributed by atoms with Crippen LogP contribution in [0.15, 0.2) is 48.7 Å². The van der Waals surface area contributed by atoms with Gasteiger partial charge in [0.25, 0.3) is 5.92 Å². The van der Waals surface area contributed by atoms with Crippen molar-refractivity contribution in [1.82, 2.24) is 14.9 Å². The quantitative estimate of drug-likeness (QED) is 0.522. The van der Waals surface area contributed by atoms with Gasteiger partial charge in [-0.1, -0.05) is 35.9 Å². The third kappa shape index (κ3) is 4.20. The third-order valence-corrected chi connectivity index (χ3v) is 6.03. The first-order valence-electron chi connectivity index (χ1n) is 10.4. The number of nitrogens with zero attached hydrogens (tertiary/aromatic N) is 4. The first-order valence-corrected chi connectivity index (χ1v) is 10.8. The molecule has 2 amide bonds. The number of urea groups is 1. The number of anilines is 2. The van der Waals surface area contributed by atoms with Crippen molar-refractivity contribution < 1.29 is 18.0 Å². The lowest BCUT2D eigenvalue weighted by Crippen LogP contribution is -2.32. The molecule has 10 heteroatoms. The predicted octanol–water partition coefficient (Wildman–Crippen LogP) is 5.33. The molecule has 3 aromatic rings. The van der Waals surface area contributed by atoms with Gasteiger partial charge in [0.05, 0.1) is 24.5 Å². The zero-order valence-corrected chi connectivity index (χ0v) is 18.1. The van der Waals surface area contributed by atoms with E-state index in [9.17, 15) is 18.0 Å². The van der Waals surface area contributed by atoms with Crippen molar-refractivity contribution in [3.05, 3.63) is 70.9 Å². The van der Waals surface area contributed by atoms with Crippen LogP contribution in [0, 0.1) is 5.82 Å². The van der Waals surface area contributed by atoms with Gasteiger partial charge < -0.3 is 15.1 Å². The Hall–Kier alpha value is -3.33. The molecule has 1 aromatic carbocycles. The van der Waals surface area contributed by atoms with Crippen LogP contribution >= 0.6 is 11.6 Å². The summed E-state index contributed by atoms with van der Waals surface area (Å²) < 4.78 is 42.5. The van der Waals surface area contributed by atoms with Crippen molar-refractivity contribution in [2.45, 2.75) is 25.4 Å². The van der Waals surface area contributed by atoms with Crippen LogP contribution < -0.4 is 10.2 Å². The van der Waals surface area contributed by atoms with E-state index in [-0.39, 0.29) is 36.6 Å². The van der Waals surface area contributed by atoms with Gasteiger partial charge in [-0.05, 0) is 23.8 Å². The molecule has 1 N–H and O–H groups in total. The van der Waals surface area contributed by atoms with Crippen LogP contribution in [0.25, 0.3) is 11.1 Å². The molecule has 4 heterocycles. The maximum absolute atomic E-state index is 14.6. The van der Waals surface area contributed by atoms with E-state index in [1.165, 1.54) is 22.1 Å². The Morgan fingerprint density at radius 1 is 1.09 bits per heavy atom. The number of hydrogen-bond donors (Lipinski definition) is 1. The highest BCUT2D eigenvalue weighted by Crippen LogP contribution is 2.40. The second-order valence-corrected chi connectivity index (χ2v) is 8.48. The molecular weight excluding hydrogens is 455 g/mol. The molecule has 2 aliphatic heterocycles. The number of nitrogens with one attached hydrogen (secondary N) is 1. The lowest BCUT2D eigenvalue weighted by atomic mass is 10.0. The molecule has 0 unspecified atom stereocenters. The number of halogens is 4. The minimum atomic E-state index is -2.86. The average molecular weight is 474 g/mol. The normalized spacial score (nSPS) is 16.7. The number of alkyl halides is 2. The second kappa shape index (κ2) is 8.22. The summed E-state index contributed by atoms with van der Waals surface area (Å²) in [7, 11) is 0. The van der Waals surface area contributed by atoms with Gasteiger partial charge in [-0.3, -0.25) is 0 Å². The molecule has 0 bridgehead atoms. The van der Waals surface area contributed by atoms with Gasteiger partial charge in [0.15, 0.2) is 5.82 Å². The lowest BCUT2D eigenvalue weighted by Gasteiger charge is -2.24. The molecule has 0 radical (unpaired) electrons. The van der Waals surface area contributed by atoms with Gasteiger partial charge >= 0.3 is 6.03 Å². The molecular formula is C23H19ClF3N5O. The summed E-state index contributed by atoms with van der Waals surface area (Å²) in [6.45, 7) is 0.105. The predicted molar refractivity (Wildman–Crippen MR) is 119 cm³/mol. The highest BCUT2D eigenvalue weighted by molar-refractivity contribution is 6.29. The third-order valence-electron chi connectivity index (χ3n) is 5.82. The highest BCUT2D eigenvalue weighted by Gasteiger charge is 2.40. The van der Waals surface area contributed by atoms with Crippen LogP contribution in [0.1, 0.15) is 17.7 Å². The summed E-state index contributed by atoms with van der Waals surface area (Å²) >= 11 is 5.96. The summed E-state index contributed by atoms with van der Waals surface area (Å²) in [5.74, 6) is -3.18. The monoisotopic (exact) mass is 473 g/mol. The van der Waals surface area contributed by atoms with Crippen LogP contribution in [0.4, 0.5) is 29.5 Å². The highest BCUT2D eigenvalue weighted by atomic mass is 35.5. The molecule has 5 rings (SSSR count). The van der Waals surface area contributed by atoms with Crippen molar-refractivity contribution in [3.8, 4) is 11.1 Å². The van der Waals surface area contributed by atoms with E-state index in [1.807, 2.05) is 6.07 Å². The van der Waals surface area contributed by atoms with Crippen LogP contribution in [0.5, 0.6) is 0 Å². The number of pyridine rings is 2. The van der Waals surface area contributed by atoms with Gasteiger partial charge in [0, 0.05) is 36.8 Å². The summed E-state index contributed by atoms with van der Waals surface area (Å²) in [4.78, 5) is 24.7. The molecule has 170 valence electrons. The molecule has 0 saturated carbocycles. The van der Waals surface area contributed by atoms with Gasteiger partial charge in [0.2, 0.25) is 0 Å². The van der Waals surface area contributed by atoms with E-state index in [2.05, 4.69) is 15.3 Å². The molecule has 1 saturated heterocycles. The summed E-state index contributed by atoms with van der Waals surface area (Å²) in [6.07, 6.45) is 1.11. The van der Waals surface area contributed by atoms with Crippen LogP contribution in [-0.4, -0.2) is 39.9 Å². The van der Waals surface area contributed by atoms with Crippen molar-refractivity contribution in [3.63, 3.8) is 0 Å². The van der Waals surface area contributed by atoms with Gasteiger partial charge in [-0.25, -0.2) is 27.9 Å². The largest absolute Gasteiger partial charge is 0.349 e. The Balaban J connectivity index is 1.51. The summed E-state index contributed by atoms with van der Waals surface area (Å²) in [5.41, 5.74) is 2.35. The average Bonchev–Trinajstić information content (AvgIpc) is 3.37. The Labute approximate surface area is 193 Å². The van der Waals surface area contributed by atoms with Crippen molar-refractivity contribution >= 4 is 29.1 Å². The lowest BCUT2D eigenvalue weighted by molar-refractivity contribution is 0.0257. The smallest absolute Gasteiger partial charge is 0.322 e. The molecule has 2 aromatic heterocycles. The van der Waals surface area contributed by atoms with E-state index < -0.39 is 24.3 Å². The van der Waals surface area contributed by atoms with Crippen molar-refractivity contribution in [2.24, 2.45) is 0 Å². The summed E-state index contributed by atoms with van der Waals surface area (Å²) in [5, 5.41) is 3.15. The molecule has 0 spiro atoms. The molecule has 33 heavy (non-hydrogen) atoms. The number of hydrogen-bond acceptors (Lipinski definition) is 4. The zero-order valence-electron chi connectivity index (χ0n) is 17.4. The first-order chi connectivity index (χ1) is 15.8. The Morgan fingerprint density at radius 3 is 2.67 bits per heavy atom. The Morgan fingerprint density at radius 2 is 1.91 bits per heavy atom. The number of fused-ring (bicyclic) bond motifs is 1. The topological polar surface area (TPSA) is 61.4 Å². The van der Waals surface area contributed by atoms with Crippen LogP contribution in [-0.2, 0) is 13.1 Å². The standard InChI is InChI=1S/C23H19ClF3N5O/c24-19-6-5-14-11-32(12-18(14)29-19)22(33)30-20-16(15-3-1-2-4-17(15)25)7-9-28-21(20)31-10-8-23(26,27)13-31/h1-7,9H,8,10-13H2,(H,30,33). The van der Waals surface area contributed by atoms with Gasteiger partial charge in [-0.15, -0.1) is 0 Å². The second-order valence-electron chi connectivity index (χ2n) is 8.09. The molecule has 6 nitrogen and oxygen atoms in total. The van der Waals surface area contributed by atoms with Crippen LogP contribution in [0.2, 0.25) is 5.15 Å². The maximum atomic E-state index is 14.6. The fraction of sp³-hybridized carbons (Fsp3) is 0.261. The van der Waals surface area contributed by atoms with Crippen molar-refractivity contribution in [1.29, 1.82) is 0 Å². The van der Waals surface area contributed by atoms with E-state index in [1.54, 1.807) is 30.3 Å². The fourth-order valence-electron chi connectivity index (χ4n) is 4.19. The number of benzene rings is 1. The van der Waals surface area contributed by atoms with Gasteiger partial charge in [-0.2, -0.15) is 0 Å². The van der Waals surface area contributed by atoms with E-state index in [4.69, 9.17) is 11.6 Å². The number of rotatable bonds is 3. The number of aromatic nitrogens is 2. The molecule has 0 atom stereocenters. The zero-order chi connectivity index (χ0) is 23.2. The first kappa shape index (κ1) is 21.5. The SMILES string of the molecule is O=C(Nc1c(-c2ccccc2F)ccnc1N1CCC(F)(F)C1)N1Cc2ccc(Cl)nc2C1.